The van der Waals surface area contributed by atoms with E-state index in [2.05, 4.69) is 38.2 Å². The Kier molecular flexibility index (Phi) is 6.24. The number of nitrogens with two attached hydrogens (primary N) is 1. The topological polar surface area (TPSA) is 73.6 Å². The summed E-state index contributed by atoms with van der Waals surface area (Å²) in [7, 11) is -0.640. The minimum Gasteiger partial charge on any atom is -0.389 e. The van der Waals surface area contributed by atoms with Gasteiger partial charge in [0.25, 0.3) is 0 Å². The minimum absolute atomic E-state index is 0.00326. The molecule has 1 aliphatic heterocycles. The number of nitrogens with one attached hydrogen (secondary N) is 1. The van der Waals surface area contributed by atoms with Crippen LogP contribution in [0.1, 0.15) is 54.9 Å². The van der Waals surface area contributed by atoms with Gasteiger partial charge in [-0.15, -0.1) is 0 Å². The van der Waals surface area contributed by atoms with Crippen LogP contribution in [0.5, 0.6) is 0 Å². The Morgan fingerprint density at radius 1 is 1.23 bits per heavy atom. The van der Waals surface area contributed by atoms with Crippen molar-refractivity contribution in [2.75, 3.05) is 0 Å². The van der Waals surface area contributed by atoms with Gasteiger partial charge < -0.3 is 15.0 Å². The third-order valence-electron chi connectivity index (χ3n) is 4.62. The predicted molar refractivity (Wildman–Crippen MR) is 90.0 cm³/mol. The number of carbonyl (C=O) groups is 1. The van der Waals surface area contributed by atoms with Crippen LogP contribution in [-0.2, 0) is 14.1 Å². The van der Waals surface area contributed by atoms with Gasteiger partial charge in [0.05, 0.1) is 17.2 Å². The highest BCUT2D eigenvalue weighted by atomic mass is 16.7. The molecular weight excluding hydrogens is 279 g/mol. The molecule has 2 atom stereocenters. The molecule has 1 unspecified atom stereocenters. The summed E-state index contributed by atoms with van der Waals surface area (Å²) in [5, 5.41) is 3.15. The Hall–Kier alpha value is -0.845. The first-order valence-electron chi connectivity index (χ1n) is 8.09. The number of rotatable bonds is 7. The lowest BCUT2D eigenvalue weighted by molar-refractivity contribution is -0.121. The van der Waals surface area contributed by atoms with E-state index >= 15 is 0 Å². The minimum atomic E-state index is -0.640. The van der Waals surface area contributed by atoms with Gasteiger partial charge in [-0.25, -0.2) is 0 Å². The fourth-order valence-corrected chi connectivity index (χ4v) is 2.45. The molecule has 1 rings (SSSR count). The van der Waals surface area contributed by atoms with E-state index in [1.165, 1.54) is 0 Å². The maximum absolute atomic E-state index is 11.9. The number of amides is 1. The second-order valence-corrected chi connectivity index (χ2v) is 7.29. The van der Waals surface area contributed by atoms with Crippen molar-refractivity contribution in [3.8, 4) is 0 Å². The maximum Gasteiger partial charge on any atom is 0.556 e. The zero-order valence-corrected chi connectivity index (χ0v) is 15.0. The third kappa shape index (κ3) is 4.34. The molecule has 22 heavy (non-hydrogen) atoms. The monoisotopic (exact) mass is 310 g/mol. The predicted octanol–water partition coefficient (Wildman–Crippen LogP) is 2.26. The zero-order valence-electron chi connectivity index (χ0n) is 15.0. The van der Waals surface area contributed by atoms with E-state index in [9.17, 15) is 4.79 Å². The molecule has 1 saturated heterocycles. The molecule has 0 bridgehead atoms. The van der Waals surface area contributed by atoms with Crippen LogP contribution >= 0.6 is 0 Å². The molecule has 0 spiro atoms. The largest absolute Gasteiger partial charge is 0.556 e. The van der Waals surface area contributed by atoms with Crippen LogP contribution in [0.3, 0.4) is 0 Å². The van der Waals surface area contributed by atoms with Gasteiger partial charge in [-0.05, 0) is 40.0 Å². The summed E-state index contributed by atoms with van der Waals surface area (Å²) in [6.45, 7) is 14.1. The highest BCUT2D eigenvalue weighted by molar-refractivity contribution is 6.43. The van der Waals surface area contributed by atoms with Crippen molar-refractivity contribution >= 4 is 13.2 Å². The summed E-state index contributed by atoms with van der Waals surface area (Å²) in [5.74, 6) is -0.124. The number of carbonyl (C=O) groups excluding carboxylic acids is 1. The van der Waals surface area contributed by atoms with E-state index in [4.69, 9.17) is 15.0 Å². The average molecular weight is 310 g/mol. The molecule has 6 heteroatoms. The quantitative estimate of drug-likeness (QED) is 0.559. The van der Waals surface area contributed by atoms with Gasteiger partial charge in [0.15, 0.2) is 0 Å². The molecule has 0 saturated carbocycles. The number of hydrogen-bond donors (Lipinski definition) is 2. The van der Waals surface area contributed by atoms with Crippen LogP contribution in [-0.4, -0.2) is 30.4 Å². The molecule has 1 fully saturated rings. The van der Waals surface area contributed by atoms with E-state index in [-0.39, 0.29) is 11.8 Å². The first-order chi connectivity index (χ1) is 10.0. The van der Waals surface area contributed by atoms with Crippen LogP contribution in [0, 0.1) is 11.8 Å². The summed E-state index contributed by atoms with van der Waals surface area (Å²) in [6, 6.07) is -0.530. The fraction of sp³-hybridized carbons (Fsp3) is 0.812. The average Bonchev–Trinajstić information content (AvgIpc) is 2.55. The molecule has 3 N–H and O–H groups in total. The lowest BCUT2D eigenvalue weighted by atomic mass is 9.85. The van der Waals surface area contributed by atoms with E-state index in [0.29, 0.717) is 0 Å². The van der Waals surface area contributed by atoms with Gasteiger partial charge >= 0.3 is 7.25 Å². The first kappa shape index (κ1) is 19.2. The van der Waals surface area contributed by atoms with Crippen LogP contribution in [0.4, 0.5) is 0 Å². The van der Waals surface area contributed by atoms with Gasteiger partial charge in [-0.1, -0.05) is 32.9 Å². The Morgan fingerprint density at radius 2 is 1.73 bits per heavy atom. The molecule has 0 aromatic heterocycles. The van der Waals surface area contributed by atoms with Crippen molar-refractivity contribution in [2.24, 2.45) is 17.6 Å². The van der Waals surface area contributed by atoms with Gasteiger partial charge in [0.1, 0.15) is 0 Å². The molecule has 1 heterocycles. The normalized spacial score (nSPS) is 23.2. The van der Waals surface area contributed by atoms with Crippen LogP contribution in [0.25, 0.3) is 0 Å². The smallest absolute Gasteiger partial charge is 0.389 e. The van der Waals surface area contributed by atoms with Crippen molar-refractivity contribution in [1.29, 1.82) is 0 Å². The van der Waals surface area contributed by atoms with Crippen molar-refractivity contribution in [1.82, 2.24) is 5.23 Å². The fourth-order valence-electron chi connectivity index (χ4n) is 2.45. The SMILES string of the molecule is CCC=CC(C(C)C)[C@H](NB1OC(C)(C)C(C)(C)O1)C(N)=O. The number of primary amides is 1. The van der Waals surface area contributed by atoms with Gasteiger partial charge in [0, 0.05) is 5.92 Å². The maximum atomic E-state index is 11.9. The Morgan fingerprint density at radius 3 is 2.09 bits per heavy atom. The summed E-state index contributed by atoms with van der Waals surface area (Å²) in [4.78, 5) is 11.9. The highest BCUT2D eigenvalue weighted by Crippen LogP contribution is 2.36. The third-order valence-corrected chi connectivity index (χ3v) is 4.62. The summed E-state index contributed by atoms with van der Waals surface area (Å²) >= 11 is 0. The second kappa shape index (κ2) is 7.15. The molecule has 0 radical (unpaired) electrons. The zero-order chi connectivity index (χ0) is 17.1. The first-order valence-corrected chi connectivity index (χ1v) is 8.09. The van der Waals surface area contributed by atoms with Crippen molar-refractivity contribution in [3.05, 3.63) is 12.2 Å². The van der Waals surface area contributed by atoms with E-state index in [0.717, 1.165) is 6.42 Å². The Bertz CT molecular complexity index is 406. The molecular formula is C16H31BN2O3. The van der Waals surface area contributed by atoms with E-state index in [1.807, 2.05) is 27.7 Å². The molecule has 0 aliphatic carbocycles. The summed E-state index contributed by atoms with van der Waals surface area (Å²) in [6.07, 6.45) is 5.04. The van der Waals surface area contributed by atoms with Gasteiger partial charge in [-0.2, -0.15) is 0 Å². The highest BCUT2D eigenvalue weighted by Gasteiger charge is 2.52. The standard InChI is InChI=1S/C16H31BN2O3/c1-8-9-10-12(11(2)3)13(14(18)20)19-17-21-15(4,5)16(6,7)22-17/h9-13,19H,8H2,1-7H3,(H2,18,20)/t12?,13-/m0/s1. The van der Waals surface area contributed by atoms with Crippen LogP contribution < -0.4 is 11.0 Å². The Balaban J connectivity index is 2.89. The lowest BCUT2D eigenvalue weighted by Gasteiger charge is -2.32. The number of allylic oxidation sites excluding steroid dienone is 1. The molecule has 1 amide bonds. The van der Waals surface area contributed by atoms with Crippen LogP contribution in [0.15, 0.2) is 12.2 Å². The molecule has 5 nitrogen and oxygen atoms in total. The van der Waals surface area contributed by atoms with E-state index < -0.39 is 30.4 Å². The molecule has 1 aliphatic rings. The molecule has 0 aromatic rings. The summed E-state index contributed by atoms with van der Waals surface area (Å²) < 4.78 is 11.8. The van der Waals surface area contributed by atoms with Gasteiger partial charge in [-0.3, -0.25) is 10.0 Å². The van der Waals surface area contributed by atoms with Crippen LogP contribution in [0.2, 0.25) is 0 Å². The second-order valence-electron chi connectivity index (χ2n) is 7.29. The van der Waals surface area contributed by atoms with E-state index in [1.54, 1.807) is 0 Å². The molecule has 0 aromatic carbocycles. The van der Waals surface area contributed by atoms with Crippen molar-refractivity contribution in [3.63, 3.8) is 0 Å². The lowest BCUT2D eigenvalue weighted by Crippen LogP contribution is -2.54. The van der Waals surface area contributed by atoms with Gasteiger partial charge in [0.2, 0.25) is 5.91 Å². The molecule has 126 valence electrons. The number of hydrogen-bond acceptors (Lipinski definition) is 4. The van der Waals surface area contributed by atoms with Crippen molar-refractivity contribution in [2.45, 2.75) is 72.1 Å². The Labute approximate surface area is 135 Å². The van der Waals surface area contributed by atoms with Crippen molar-refractivity contribution < 1.29 is 14.1 Å². The summed E-state index contributed by atoms with van der Waals surface area (Å²) in [5.41, 5.74) is 4.72.